The first-order valence-electron chi connectivity index (χ1n) is 7.90. The van der Waals surface area contributed by atoms with Crippen LogP contribution in [0.4, 0.5) is 0 Å². The number of hydrogen-bond acceptors (Lipinski definition) is 3. The quantitative estimate of drug-likeness (QED) is 0.802. The molecule has 1 amide bonds. The number of nitrogens with one attached hydrogen (secondary N) is 1. The molecule has 0 aromatic heterocycles. The minimum absolute atomic E-state index is 0.0786. The van der Waals surface area contributed by atoms with Crippen molar-refractivity contribution >= 4 is 5.91 Å². The van der Waals surface area contributed by atoms with Crippen molar-refractivity contribution in [3.05, 3.63) is 0 Å². The Bertz CT molecular complexity index is 282. The molecule has 2 aliphatic rings. The van der Waals surface area contributed by atoms with E-state index >= 15 is 0 Å². The van der Waals surface area contributed by atoms with Gasteiger partial charge in [-0.3, -0.25) is 4.79 Å². The van der Waals surface area contributed by atoms with Gasteiger partial charge >= 0.3 is 0 Å². The number of carbonyl (C=O) groups excluding carboxylic acids is 1. The summed E-state index contributed by atoms with van der Waals surface area (Å²) in [5.41, 5.74) is 5.89. The molecule has 1 unspecified atom stereocenters. The number of ether oxygens (including phenoxy) is 1. The van der Waals surface area contributed by atoms with Gasteiger partial charge in [0.15, 0.2) is 0 Å². The van der Waals surface area contributed by atoms with Gasteiger partial charge in [-0.2, -0.15) is 0 Å². The van der Waals surface area contributed by atoms with Crippen LogP contribution in [0.3, 0.4) is 0 Å². The van der Waals surface area contributed by atoms with Crippen LogP contribution in [0.15, 0.2) is 0 Å². The lowest BCUT2D eigenvalue weighted by atomic mass is 9.91. The molecule has 2 rings (SSSR count). The molecule has 4 nitrogen and oxygen atoms in total. The maximum absolute atomic E-state index is 12.2. The molecular formula is C15H28N2O2. The van der Waals surface area contributed by atoms with Gasteiger partial charge in [-0.05, 0) is 44.9 Å². The summed E-state index contributed by atoms with van der Waals surface area (Å²) in [5.74, 6) is 0.0786. The minimum Gasteiger partial charge on any atom is -0.365 e. The third-order valence-electron chi connectivity index (χ3n) is 4.44. The highest BCUT2D eigenvalue weighted by atomic mass is 16.5. The average Bonchev–Trinajstić information content (AvgIpc) is 2.91. The Labute approximate surface area is 116 Å². The smallest absolute Gasteiger partial charge is 0.249 e. The molecule has 1 atom stereocenters. The number of hydrogen-bond donors (Lipinski definition) is 2. The van der Waals surface area contributed by atoms with Gasteiger partial charge in [0.2, 0.25) is 5.91 Å². The van der Waals surface area contributed by atoms with Crippen LogP contribution in [-0.2, 0) is 9.53 Å². The number of nitrogens with two attached hydrogens (primary N) is 1. The van der Waals surface area contributed by atoms with Crippen LogP contribution in [0.25, 0.3) is 0 Å². The van der Waals surface area contributed by atoms with E-state index in [-0.39, 0.29) is 12.0 Å². The van der Waals surface area contributed by atoms with Crippen molar-refractivity contribution in [2.75, 3.05) is 0 Å². The summed E-state index contributed by atoms with van der Waals surface area (Å²) < 4.78 is 5.95. The molecule has 0 saturated heterocycles. The first-order chi connectivity index (χ1) is 9.19. The van der Waals surface area contributed by atoms with Gasteiger partial charge in [-0.1, -0.05) is 19.8 Å². The lowest BCUT2D eigenvalue weighted by molar-refractivity contribution is -0.137. The van der Waals surface area contributed by atoms with Gasteiger partial charge < -0.3 is 15.8 Å². The molecule has 2 saturated carbocycles. The molecule has 0 radical (unpaired) electrons. The molecule has 3 N–H and O–H groups in total. The zero-order chi connectivity index (χ0) is 13.7. The molecule has 0 spiro atoms. The van der Waals surface area contributed by atoms with Crippen LogP contribution in [0.1, 0.15) is 64.7 Å². The topological polar surface area (TPSA) is 64.3 Å². The van der Waals surface area contributed by atoms with Crippen molar-refractivity contribution < 1.29 is 9.53 Å². The fraction of sp³-hybridized carbons (Fsp3) is 0.933. The third-order valence-corrected chi connectivity index (χ3v) is 4.44. The highest BCUT2D eigenvalue weighted by Crippen LogP contribution is 2.23. The van der Waals surface area contributed by atoms with Crippen molar-refractivity contribution in [3.8, 4) is 0 Å². The zero-order valence-corrected chi connectivity index (χ0v) is 12.1. The highest BCUT2D eigenvalue weighted by Gasteiger charge is 2.27. The van der Waals surface area contributed by atoms with E-state index in [0.29, 0.717) is 18.2 Å². The average molecular weight is 268 g/mol. The second-order valence-corrected chi connectivity index (χ2v) is 6.06. The monoisotopic (exact) mass is 268 g/mol. The molecule has 0 aliphatic heterocycles. The normalized spacial score (nSPS) is 30.2. The number of rotatable bonds is 5. The number of amides is 1. The van der Waals surface area contributed by atoms with E-state index < -0.39 is 0 Å². The van der Waals surface area contributed by atoms with Crippen LogP contribution in [0.5, 0.6) is 0 Å². The van der Waals surface area contributed by atoms with E-state index in [0.717, 1.165) is 44.9 Å². The zero-order valence-electron chi connectivity index (χ0n) is 12.1. The highest BCUT2D eigenvalue weighted by molar-refractivity contribution is 5.81. The van der Waals surface area contributed by atoms with Crippen LogP contribution in [0, 0.1) is 0 Å². The Hall–Kier alpha value is -0.610. The maximum Gasteiger partial charge on any atom is 0.249 e. The lowest BCUT2D eigenvalue weighted by Gasteiger charge is -2.29. The van der Waals surface area contributed by atoms with Gasteiger partial charge in [0.25, 0.3) is 0 Å². The van der Waals surface area contributed by atoms with E-state index in [1.54, 1.807) is 0 Å². The van der Waals surface area contributed by atoms with Gasteiger partial charge in [0, 0.05) is 12.1 Å². The SMILES string of the molecule is CCC(OC1CCCC1)C(=O)NC1CCC(N)CC1. The van der Waals surface area contributed by atoms with Crippen molar-refractivity contribution in [2.24, 2.45) is 5.73 Å². The molecule has 2 aliphatic carbocycles. The summed E-state index contributed by atoms with van der Waals surface area (Å²) >= 11 is 0. The molecular weight excluding hydrogens is 240 g/mol. The van der Waals surface area contributed by atoms with Crippen LogP contribution < -0.4 is 11.1 Å². The Morgan fingerprint density at radius 1 is 1.21 bits per heavy atom. The van der Waals surface area contributed by atoms with Gasteiger partial charge in [-0.15, -0.1) is 0 Å². The van der Waals surface area contributed by atoms with Gasteiger partial charge in [0.05, 0.1) is 6.10 Å². The second kappa shape index (κ2) is 7.25. The predicted octanol–water partition coefficient (Wildman–Crippen LogP) is 2.11. The van der Waals surface area contributed by atoms with E-state index in [2.05, 4.69) is 5.32 Å². The van der Waals surface area contributed by atoms with Crippen molar-refractivity contribution in [3.63, 3.8) is 0 Å². The van der Waals surface area contributed by atoms with Crippen molar-refractivity contribution in [1.29, 1.82) is 0 Å². The molecule has 2 fully saturated rings. The summed E-state index contributed by atoms with van der Waals surface area (Å²) in [7, 11) is 0. The summed E-state index contributed by atoms with van der Waals surface area (Å²) in [6.07, 6.45) is 9.55. The second-order valence-electron chi connectivity index (χ2n) is 6.06. The first kappa shape index (κ1) is 14.8. The van der Waals surface area contributed by atoms with Crippen molar-refractivity contribution in [2.45, 2.75) is 89.0 Å². The van der Waals surface area contributed by atoms with E-state index in [1.165, 1.54) is 12.8 Å². The van der Waals surface area contributed by atoms with Crippen LogP contribution in [0.2, 0.25) is 0 Å². The Morgan fingerprint density at radius 2 is 1.84 bits per heavy atom. The van der Waals surface area contributed by atoms with Gasteiger partial charge in [0.1, 0.15) is 6.10 Å². The van der Waals surface area contributed by atoms with E-state index in [4.69, 9.17) is 10.5 Å². The number of carbonyl (C=O) groups is 1. The molecule has 0 heterocycles. The largest absolute Gasteiger partial charge is 0.365 e. The molecule has 0 aromatic rings. The first-order valence-corrected chi connectivity index (χ1v) is 7.90. The Kier molecular flexibility index (Phi) is 5.64. The maximum atomic E-state index is 12.2. The van der Waals surface area contributed by atoms with Crippen molar-refractivity contribution in [1.82, 2.24) is 5.32 Å². The summed E-state index contributed by atoms with van der Waals surface area (Å²) in [4.78, 5) is 12.2. The molecule has 19 heavy (non-hydrogen) atoms. The summed E-state index contributed by atoms with van der Waals surface area (Å²) in [6.45, 7) is 2.02. The van der Waals surface area contributed by atoms with Gasteiger partial charge in [-0.25, -0.2) is 0 Å². The van der Waals surface area contributed by atoms with E-state index in [9.17, 15) is 4.79 Å². The molecule has 110 valence electrons. The summed E-state index contributed by atoms with van der Waals surface area (Å²) in [5, 5.41) is 3.14. The lowest BCUT2D eigenvalue weighted by Crippen LogP contribution is -2.45. The Morgan fingerprint density at radius 3 is 2.42 bits per heavy atom. The summed E-state index contributed by atoms with van der Waals surface area (Å²) in [6, 6.07) is 0.624. The molecule has 0 bridgehead atoms. The molecule has 4 heteroatoms. The fourth-order valence-electron chi connectivity index (χ4n) is 3.16. The predicted molar refractivity (Wildman–Crippen MR) is 75.8 cm³/mol. The third kappa shape index (κ3) is 4.46. The standard InChI is InChI=1S/C15H28N2O2/c1-2-14(19-13-5-3-4-6-13)15(18)17-12-9-7-11(16)8-10-12/h11-14H,2-10,16H2,1H3,(H,17,18). The van der Waals surface area contributed by atoms with Crippen LogP contribution >= 0.6 is 0 Å². The molecule has 0 aromatic carbocycles. The fourth-order valence-corrected chi connectivity index (χ4v) is 3.16. The minimum atomic E-state index is -0.265. The van der Waals surface area contributed by atoms with E-state index in [1.807, 2.05) is 6.92 Å². The Balaban J connectivity index is 1.76. The van der Waals surface area contributed by atoms with Crippen LogP contribution in [-0.4, -0.2) is 30.2 Å².